The van der Waals surface area contributed by atoms with Gasteiger partial charge in [0.2, 0.25) is 10.0 Å². The van der Waals surface area contributed by atoms with Gasteiger partial charge in [-0.2, -0.15) is 0 Å². The lowest BCUT2D eigenvalue weighted by Gasteiger charge is -2.17. The van der Waals surface area contributed by atoms with E-state index in [1.807, 2.05) is 0 Å². The number of nitrogens with zero attached hydrogens (tertiary/aromatic N) is 1. The van der Waals surface area contributed by atoms with Gasteiger partial charge in [-0.05, 0) is 18.2 Å². The van der Waals surface area contributed by atoms with Crippen LogP contribution in [0.5, 0.6) is 0 Å². The molecule has 1 rings (SSSR count). The largest absolute Gasteiger partial charge is 0.341 e. The lowest BCUT2D eigenvalue weighted by atomic mass is 10.2. The van der Waals surface area contributed by atoms with E-state index in [0.717, 1.165) is 12.3 Å². The summed E-state index contributed by atoms with van der Waals surface area (Å²) in [4.78, 5) is 13.2. The summed E-state index contributed by atoms with van der Waals surface area (Å²) < 4.78 is 45.2. The first kappa shape index (κ1) is 18.1. The third kappa shape index (κ3) is 5.73. The third-order valence-electron chi connectivity index (χ3n) is 2.59. The van der Waals surface area contributed by atoms with Gasteiger partial charge in [-0.3, -0.25) is 4.79 Å². The molecule has 7 nitrogen and oxygen atoms in total. The Labute approximate surface area is 132 Å². The van der Waals surface area contributed by atoms with Gasteiger partial charge in [-0.1, -0.05) is 15.9 Å². The predicted molar refractivity (Wildman–Crippen MR) is 82.2 cm³/mol. The second-order valence-electron chi connectivity index (χ2n) is 4.58. The number of primary sulfonamides is 1. The molecule has 21 heavy (non-hydrogen) atoms. The van der Waals surface area contributed by atoms with Gasteiger partial charge >= 0.3 is 0 Å². The molecule has 10 heteroatoms. The summed E-state index contributed by atoms with van der Waals surface area (Å²) in [6.45, 7) is 0.00882. The zero-order chi connectivity index (χ0) is 16.4. The van der Waals surface area contributed by atoms with E-state index in [-0.39, 0.29) is 22.8 Å². The Kier molecular flexibility index (Phi) is 5.53. The Balaban J connectivity index is 3.05. The second-order valence-corrected chi connectivity index (χ2v) is 9.31. The second kappa shape index (κ2) is 6.42. The molecular weight excluding hydrogens is 384 g/mol. The number of sulfonamides is 1. The SMILES string of the molecule is CN(CCS(C)(=O)=O)C(=O)c1cc(Br)cc(S(N)(=O)=O)c1. The van der Waals surface area contributed by atoms with Crippen molar-refractivity contribution in [3.05, 3.63) is 28.2 Å². The van der Waals surface area contributed by atoms with Crippen molar-refractivity contribution in [2.75, 3.05) is 25.6 Å². The number of carbonyl (C=O) groups excluding carboxylic acids is 1. The molecule has 0 radical (unpaired) electrons. The van der Waals surface area contributed by atoms with Crippen molar-refractivity contribution in [1.82, 2.24) is 4.90 Å². The number of carbonyl (C=O) groups is 1. The maximum atomic E-state index is 12.2. The van der Waals surface area contributed by atoms with Crippen molar-refractivity contribution in [2.24, 2.45) is 5.14 Å². The van der Waals surface area contributed by atoms with Crippen molar-refractivity contribution in [3.8, 4) is 0 Å². The standard InChI is InChI=1S/C11H15BrN2O5S2/c1-14(3-4-20(2,16)17)11(15)8-5-9(12)7-10(6-8)21(13,18)19/h5-7H,3-4H2,1-2H3,(H2,13,18,19). The zero-order valence-corrected chi connectivity index (χ0v) is 14.6. The Hall–Kier alpha value is -0.970. The van der Waals surface area contributed by atoms with E-state index in [9.17, 15) is 21.6 Å². The van der Waals surface area contributed by atoms with Crippen LogP contribution in [0, 0.1) is 0 Å². The fourth-order valence-corrected chi connectivity index (χ4v) is 3.31. The number of halogens is 1. The number of benzene rings is 1. The van der Waals surface area contributed by atoms with Crippen LogP contribution >= 0.6 is 15.9 Å². The summed E-state index contributed by atoms with van der Waals surface area (Å²) in [5, 5.41) is 5.03. The van der Waals surface area contributed by atoms with Crippen LogP contribution in [0.25, 0.3) is 0 Å². The van der Waals surface area contributed by atoms with Crippen molar-refractivity contribution in [3.63, 3.8) is 0 Å². The molecule has 0 atom stereocenters. The summed E-state index contributed by atoms with van der Waals surface area (Å²) in [6.07, 6.45) is 1.07. The Morgan fingerprint density at radius 3 is 2.29 bits per heavy atom. The topological polar surface area (TPSA) is 115 Å². The highest BCUT2D eigenvalue weighted by atomic mass is 79.9. The average Bonchev–Trinajstić information content (AvgIpc) is 2.32. The van der Waals surface area contributed by atoms with Gasteiger partial charge in [-0.15, -0.1) is 0 Å². The van der Waals surface area contributed by atoms with E-state index in [1.165, 1.54) is 24.1 Å². The number of nitrogens with two attached hydrogens (primary N) is 1. The highest BCUT2D eigenvalue weighted by molar-refractivity contribution is 9.10. The lowest BCUT2D eigenvalue weighted by Crippen LogP contribution is -2.31. The molecule has 0 saturated carbocycles. The van der Waals surface area contributed by atoms with E-state index in [2.05, 4.69) is 15.9 Å². The number of amides is 1. The van der Waals surface area contributed by atoms with Crippen LogP contribution in [0.1, 0.15) is 10.4 Å². The van der Waals surface area contributed by atoms with Crippen LogP contribution in [0.2, 0.25) is 0 Å². The molecule has 0 unspecified atom stereocenters. The van der Waals surface area contributed by atoms with Crippen molar-refractivity contribution < 1.29 is 21.6 Å². The predicted octanol–water partition coefficient (Wildman–Crippen LogP) is 0.213. The van der Waals surface area contributed by atoms with Crippen molar-refractivity contribution in [1.29, 1.82) is 0 Å². The maximum Gasteiger partial charge on any atom is 0.253 e. The Morgan fingerprint density at radius 2 is 1.81 bits per heavy atom. The molecule has 1 aromatic carbocycles. The third-order valence-corrected chi connectivity index (χ3v) is 4.87. The highest BCUT2D eigenvalue weighted by Gasteiger charge is 2.17. The highest BCUT2D eigenvalue weighted by Crippen LogP contribution is 2.19. The molecule has 0 aliphatic heterocycles. The molecular formula is C11H15BrN2O5S2. The number of hydrogen-bond acceptors (Lipinski definition) is 5. The van der Waals surface area contributed by atoms with Crippen LogP contribution in [-0.2, 0) is 19.9 Å². The van der Waals surface area contributed by atoms with Crippen LogP contribution in [0.15, 0.2) is 27.6 Å². The molecule has 0 spiro atoms. The number of sulfone groups is 1. The normalized spacial score (nSPS) is 12.2. The molecule has 0 aliphatic carbocycles. The van der Waals surface area contributed by atoms with Gasteiger partial charge in [0.25, 0.3) is 5.91 Å². The molecule has 2 N–H and O–H groups in total. The van der Waals surface area contributed by atoms with Crippen molar-refractivity contribution in [2.45, 2.75) is 4.90 Å². The molecule has 118 valence electrons. The zero-order valence-electron chi connectivity index (χ0n) is 11.4. The lowest BCUT2D eigenvalue weighted by molar-refractivity contribution is 0.0803. The van der Waals surface area contributed by atoms with E-state index in [0.29, 0.717) is 4.47 Å². The van der Waals surface area contributed by atoms with E-state index in [4.69, 9.17) is 5.14 Å². The molecule has 0 fully saturated rings. The van der Waals surface area contributed by atoms with Gasteiger partial charge in [0, 0.05) is 29.9 Å². The van der Waals surface area contributed by atoms with E-state index < -0.39 is 25.8 Å². The van der Waals surface area contributed by atoms with Crippen LogP contribution in [-0.4, -0.2) is 53.2 Å². The van der Waals surface area contributed by atoms with Crippen molar-refractivity contribution >= 4 is 41.7 Å². The monoisotopic (exact) mass is 398 g/mol. The van der Waals surface area contributed by atoms with Crippen LogP contribution in [0.3, 0.4) is 0 Å². The minimum absolute atomic E-state index is 0.00882. The summed E-state index contributed by atoms with van der Waals surface area (Å²) in [7, 11) is -5.70. The fourth-order valence-electron chi connectivity index (χ4n) is 1.48. The number of rotatable bonds is 5. The molecule has 0 heterocycles. The number of hydrogen-bond donors (Lipinski definition) is 1. The molecule has 1 aromatic rings. The van der Waals surface area contributed by atoms with Gasteiger partial charge in [-0.25, -0.2) is 22.0 Å². The average molecular weight is 399 g/mol. The first-order valence-electron chi connectivity index (χ1n) is 5.67. The first-order chi connectivity index (χ1) is 9.40. The minimum Gasteiger partial charge on any atom is -0.341 e. The van der Waals surface area contributed by atoms with Gasteiger partial charge < -0.3 is 4.90 Å². The Morgan fingerprint density at radius 1 is 1.24 bits per heavy atom. The Bertz CT molecular complexity index is 759. The van der Waals surface area contributed by atoms with Gasteiger partial charge in [0.15, 0.2) is 0 Å². The molecule has 1 amide bonds. The van der Waals surface area contributed by atoms with Gasteiger partial charge in [0.1, 0.15) is 9.84 Å². The van der Waals surface area contributed by atoms with E-state index in [1.54, 1.807) is 0 Å². The quantitative estimate of drug-likeness (QED) is 0.761. The summed E-state index contributed by atoms with van der Waals surface area (Å²) >= 11 is 3.11. The smallest absolute Gasteiger partial charge is 0.253 e. The molecule has 0 saturated heterocycles. The summed E-state index contributed by atoms with van der Waals surface area (Å²) in [6, 6.07) is 3.87. The maximum absolute atomic E-state index is 12.2. The summed E-state index contributed by atoms with van der Waals surface area (Å²) in [5.74, 6) is -0.671. The van der Waals surface area contributed by atoms with Gasteiger partial charge in [0.05, 0.1) is 10.6 Å². The first-order valence-corrected chi connectivity index (χ1v) is 10.1. The molecule has 0 bridgehead atoms. The fraction of sp³-hybridized carbons (Fsp3) is 0.364. The van der Waals surface area contributed by atoms with E-state index >= 15 is 0 Å². The van der Waals surface area contributed by atoms with Crippen LogP contribution in [0.4, 0.5) is 0 Å². The van der Waals surface area contributed by atoms with Crippen LogP contribution < -0.4 is 5.14 Å². The molecule has 0 aliphatic rings. The minimum atomic E-state index is -3.94. The molecule has 0 aromatic heterocycles. The summed E-state index contributed by atoms with van der Waals surface area (Å²) in [5.41, 5.74) is 0.101.